The molecule has 0 aromatic heterocycles. The maximum absolute atomic E-state index is 12.9. The average Bonchev–Trinajstić information content (AvgIpc) is 2.71. The molecule has 2 amide bonds. The molecule has 2 aliphatic rings. The fourth-order valence-electron chi connectivity index (χ4n) is 3.22. The Balaban J connectivity index is 1.64. The molecule has 0 unspecified atom stereocenters. The van der Waals surface area contributed by atoms with Crippen LogP contribution in [0.25, 0.3) is 0 Å². The molecule has 1 N–H and O–H groups in total. The van der Waals surface area contributed by atoms with Gasteiger partial charge in [0, 0.05) is 38.3 Å². The maximum atomic E-state index is 12.9. The van der Waals surface area contributed by atoms with Gasteiger partial charge in [-0.05, 0) is 25.0 Å². The molecule has 150 valence electrons. The van der Waals surface area contributed by atoms with Crippen molar-refractivity contribution in [3.8, 4) is 11.5 Å². The number of hydrogen-bond donors (Lipinski definition) is 1. The molecule has 9 heteroatoms. The van der Waals surface area contributed by atoms with E-state index < -0.39 is 10.0 Å². The van der Waals surface area contributed by atoms with E-state index in [4.69, 9.17) is 9.47 Å². The molecule has 0 bridgehead atoms. The molecule has 1 saturated heterocycles. The zero-order valence-electron chi connectivity index (χ0n) is 15.8. The second-order valence-electron chi connectivity index (χ2n) is 6.66. The van der Waals surface area contributed by atoms with Crippen LogP contribution in [0.5, 0.6) is 11.5 Å². The smallest absolute Gasteiger partial charge is 0.317 e. The number of carbonyl (C=O) groups excluding carboxylic acids is 1. The number of benzene rings is 1. The summed E-state index contributed by atoms with van der Waals surface area (Å²) in [6, 6.07) is 4.70. The topological polar surface area (TPSA) is 88.2 Å². The van der Waals surface area contributed by atoms with Gasteiger partial charge < -0.3 is 19.7 Å². The highest BCUT2D eigenvalue weighted by molar-refractivity contribution is 7.89. The van der Waals surface area contributed by atoms with Crippen molar-refractivity contribution in [2.75, 3.05) is 39.4 Å². The van der Waals surface area contributed by atoms with Crippen molar-refractivity contribution in [2.45, 2.75) is 37.6 Å². The van der Waals surface area contributed by atoms with E-state index in [2.05, 4.69) is 5.32 Å². The number of sulfonamides is 1. The highest BCUT2D eigenvalue weighted by Gasteiger charge is 2.31. The standard InChI is InChI=1S/C18H27N3O5S/c1-3-14(4-2)19-18(22)20-7-9-21(10-8-20)27(23,24)15-5-6-16-17(13-15)26-12-11-25-16/h5-6,13-14H,3-4,7-12H2,1-2H3,(H,19,22). The van der Waals surface area contributed by atoms with Gasteiger partial charge in [0.05, 0.1) is 4.90 Å². The quantitative estimate of drug-likeness (QED) is 0.816. The van der Waals surface area contributed by atoms with E-state index in [1.54, 1.807) is 11.0 Å². The summed E-state index contributed by atoms with van der Waals surface area (Å²) < 4.78 is 38.2. The number of hydrogen-bond acceptors (Lipinski definition) is 5. The van der Waals surface area contributed by atoms with Gasteiger partial charge in [0.15, 0.2) is 11.5 Å². The second-order valence-corrected chi connectivity index (χ2v) is 8.60. The van der Waals surface area contributed by atoms with Crippen LogP contribution in [-0.4, -0.2) is 69.1 Å². The number of ether oxygens (including phenoxy) is 2. The van der Waals surface area contributed by atoms with Crippen molar-refractivity contribution in [1.29, 1.82) is 0 Å². The molecule has 1 aromatic carbocycles. The van der Waals surface area contributed by atoms with Gasteiger partial charge in [-0.15, -0.1) is 0 Å². The Morgan fingerprint density at radius 3 is 2.33 bits per heavy atom. The van der Waals surface area contributed by atoms with Gasteiger partial charge in [0.1, 0.15) is 13.2 Å². The lowest BCUT2D eigenvalue weighted by Gasteiger charge is -2.34. The molecule has 0 radical (unpaired) electrons. The summed E-state index contributed by atoms with van der Waals surface area (Å²) in [7, 11) is -3.64. The van der Waals surface area contributed by atoms with E-state index in [-0.39, 0.29) is 30.1 Å². The van der Waals surface area contributed by atoms with Crippen LogP contribution in [-0.2, 0) is 10.0 Å². The highest BCUT2D eigenvalue weighted by Crippen LogP contribution is 2.33. The van der Waals surface area contributed by atoms with Gasteiger partial charge in [-0.3, -0.25) is 0 Å². The minimum Gasteiger partial charge on any atom is -0.486 e. The van der Waals surface area contributed by atoms with Gasteiger partial charge in [0.2, 0.25) is 10.0 Å². The predicted octanol–water partition coefficient (Wildman–Crippen LogP) is 1.66. The van der Waals surface area contributed by atoms with Crippen molar-refractivity contribution in [3.63, 3.8) is 0 Å². The predicted molar refractivity (Wildman–Crippen MR) is 101 cm³/mol. The van der Waals surface area contributed by atoms with Crippen molar-refractivity contribution in [2.24, 2.45) is 0 Å². The maximum Gasteiger partial charge on any atom is 0.317 e. The lowest BCUT2D eigenvalue weighted by atomic mass is 10.2. The van der Waals surface area contributed by atoms with Crippen molar-refractivity contribution >= 4 is 16.1 Å². The Hall–Kier alpha value is -2.00. The summed E-state index contributed by atoms with van der Waals surface area (Å²) in [5, 5.41) is 2.99. The summed E-state index contributed by atoms with van der Waals surface area (Å²) in [6.45, 7) is 6.21. The van der Waals surface area contributed by atoms with Crippen LogP contribution in [0.4, 0.5) is 4.79 Å². The molecule has 2 aliphatic heterocycles. The lowest BCUT2D eigenvalue weighted by Crippen LogP contribution is -2.54. The Labute approximate surface area is 160 Å². The van der Waals surface area contributed by atoms with E-state index in [1.165, 1.54) is 16.4 Å². The normalized spacial score (nSPS) is 17.8. The second kappa shape index (κ2) is 8.35. The summed E-state index contributed by atoms with van der Waals surface area (Å²) in [6.07, 6.45) is 1.75. The Bertz CT molecular complexity index is 771. The number of fused-ring (bicyclic) bond motifs is 1. The molecule has 1 aromatic rings. The molecule has 0 atom stereocenters. The zero-order valence-corrected chi connectivity index (χ0v) is 16.6. The molecule has 0 spiro atoms. The molecular formula is C18H27N3O5S. The minimum atomic E-state index is -3.64. The molecule has 2 heterocycles. The van der Waals surface area contributed by atoms with Crippen LogP contribution in [0.15, 0.2) is 23.1 Å². The number of urea groups is 1. The van der Waals surface area contributed by atoms with Crippen molar-refractivity contribution < 1.29 is 22.7 Å². The first-order valence-corrected chi connectivity index (χ1v) is 10.8. The number of piperazine rings is 1. The van der Waals surface area contributed by atoms with Crippen LogP contribution in [0.2, 0.25) is 0 Å². The van der Waals surface area contributed by atoms with Crippen LogP contribution in [0.1, 0.15) is 26.7 Å². The molecule has 8 nitrogen and oxygen atoms in total. The fraction of sp³-hybridized carbons (Fsp3) is 0.611. The summed E-state index contributed by atoms with van der Waals surface area (Å²) in [4.78, 5) is 14.2. The third-order valence-electron chi connectivity index (χ3n) is 4.99. The van der Waals surface area contributed by atoms with E-state index >= 15 is 0 Å². The van der Waals surface area contributed by atoms with E-state index in [9.17, 15) is 13.2 Å². The minimum absolute atomic E-state index is 0.125. The number of nitrogens with one attached hydrogen (secondary N) is 1. The van der Waals surface area contributed by atoms with Crippen LogP contribution >= 0.6 is 0 Å². The zero-order chi connectivity index (χ0) is 19.4. The highest BCUT2D eigenvalue weighted by atomic mass is 32.2. The molecule has 0 saturated carbocycles. The van der Waals surface area contributed by atoms with E-state index in [0.717, 1.165) is 12.8 Å². The Morgan fingerprint density at radius 2 is 1.70 bits per heavy atom. The van der Waals surface area contributed by atoms with Crippen LogP contribution in [0, 0.1) is 0 Å². The average molecular weight is 397 g/mol. The van der Waals surface area contributed by atoms with Crippen molar-refractivity contribution in [1.82, 2.24) is 14.5 Å². The fourth-order valence-corrected chi connectivity index (χ4v) is 4.66. The van der Waals surface area contributed by atoms with Gasteiger partial charge in [-0.1, -0.05) is 13.8 Å². The molecule has 27 heavy (non-hydrogen) atoms. The van der Waals surface area contributed by atoms with E-state index in [1.807, 2.05) is 13.8 Å². The third-order valence-corrected chi connectivity index (χ3v) is 6.89. The van der Waals surface area contributed by atoms with Crippen LogP contribution < -0.4 is 14.8 Å². The first kappa shape index (κ1) is 19.8. The van der Waals surface area contributed by atoms with Crippen LogP contribution in [0.3, 0.4) is 0 Å². The number of rotatable bonds is 5. The number of nitrogens with zero attached hydrogens (tertiary/aromatic N) is 2. The van der Waals surface area contributed by atoms with Gasteiger partial charge in [-0.2, -0.15) is 4.31 Å². The summed E-state index contributed by atoms with van der Waals surface area (Å²) in [5.41, 5.74) is 0. The van der Waals surface area contributed by atoms with E-state index in [0.29, 0.717) is 37.8 Å². The number of amides is 2. The SMILES string of the molecule is CCC(CC)NC(=O)N1CCN(S(=O)(=O)c2ccc3c(c2)OCCO3)CC1. The lowest BCUT2D eigenvalue weighted by molar-refractivity contribution is 0.167. The van der Waals surface area contributed by atoms with Gasteiger partial charge >= 0.3 is 6.03 Å². The molecule has 0 aliphatic carbocycles. The first-order chi connectivity index (χ1) is 13.0. The summed E-state index contributed by atoms with van der Waals surface area (Å²) >= 11 is 0. The molecule has 3 rings (SSSR count). The van der Waals surface area contributed by atoms with Gasteiger partial charge in [0.25, 0.3) is 0 Å². The Morgan fingerprint density at radius 1 is 1.07 bits per heavy atom. The van der Waals surface area contributed by atoms with Gasteiger partial charge in [-0.25, -0.2) is 13.2 Å². The number of carbonyl (C=O) groups is 1. The molecular weight excluding hydrogens is 370 g/mol. The summed E-state index contributed by atoms with van der Waals surface area (Å²) in [5.74, 6) is 1.01. The first-order valence-electron chi connectivity index (χ1n) is 9.41. The van der Waals surface area contributed by atoms with Crippen molar-refractivity contribution in [3.05, 3.63) is 18.2 Å². The Kier molecular flexibility index (Phi) is 6.11. The third kappa shape index (κ3) is 4.30. The molecule has 1 fully saturated rings. The monoisotopic (exact) mass is 397 g/mol. The largest absolute Gasteiger partial charge is 0.486 e.